The van der Waals surface area contributed by atoms with Crippen molar-refractivity contribution in [3.05, 3.63) is 0 Å². The van der Waals surface area contributed by atoms with Crippen molar-refractivity contribution in [2.75, 3.05) is 0 Å². The first-order valence-electron chi connectivity index (χ1n) is 1.82. The normalized spacial score (nSPS) is 30.0. The number of carbonyl (C=O) groups is 1. The van der Waals surface area contributed by atoms with Gasteiger partial charge in [-0.1, -0.05) is 12.2 Å². The van der Waals surface area contributed by atoms with Gasteiger partial charge in [-0.3, -0.25) is 0 Å². The first-order chi connectivity index (χ1) is 2.84. The summed E-state index contributed by atoms with van der Waals surface area (Å²) in [5.41, 5.74) is 0. The van der Waals surface area contributed by atoms with E-state index in [0.717, 1.165) is 17.6 Å². The highest BCUT2D eigenvalue weighted by Crippen LogP contribution is 2.22. The molecule has 0 amide bonds. The van der Waals surface area contributed by atoms with Crippen molar-refractivity contribution in [1.82, 2.24) is 0 Å². The second-order valence-electron chi connectivity index (χ2n) is 1.41. The predicted octanol–water partition coefficient (Wildman–Crippen LogP) is 0.575. The van der Waals surface area contributed by atoms with Crippen molar-refractivity contribution < 1.29 is 4.79 Å². The first kappa shape index (κ1) is 3.93. The minimum absolute atomic E-state index is 0.153. The summed E-state index contributed by atoms with van der Waals surface area (Å²) in [5.74, 6) is 0.153. The van der Waals surface area contributed by atoms with Gasteiger partial charge >= 0.3 is 0 Å². The lowest BCUT2D eigenvalue weighted by atomic mass is 10.5. The molecule has 0 aromatic rings. The van der Waals surface area contributed by atoms with Gasteiger partial charge in [0.1, 0.15) is 6.29 Å². The zero-order chi connectivity index (χ0) is 4.57. The van der Waals surface area contributed by atoms with E-state index in [9.17, 15) is 4.79 Å². The van der Waals surface area contributed by atoms with Gasteiger partial charge in [0.2, 0.25) is 0 Å². The van der Waals surface area contributed by atoms with Gasteiger partial charge in [-0.15, -0.1) is 0 Å². The largest absolute Gasteiger partial charge is 0.303 e. The van der Waals surface area contributed by atoms with Crippen molar-refractivity contribution in [2.45, 2.75) is 6.42 Å². The molecule has 0 radical (unpaired) electrons. The summed E-state index contributed by atoms with van der Waals surface area (Å²) < 4.78 is 0. The number of carbonyl (C=O) groups excluding carboxylic acids is 1. The highest BCUT2D eigenvalue weighted by atomic mass is 32.1. The Kier molecular flexibility index (Phi) is 0.733. The van der Waals surface area contributed by atoms with Crippen LogP contribution in [0.25, 0.3) is 0 Å². The molecule has 2 heteroatoms. The molecule has 1 saturated carbocycles. The molecule has 0 aromatic carbocycles. The summed E-state index contributed by atoms with van der Waals surface area (Å²) in [6, 6.07) is 0. The molecular formula is C4H4OS. The third kappa shape index (κ3) is 0.476. The Bertz CT molecular complexity index is 97.7. The molecule has 0 aliphatic heterocycles. The molecule has 0 N–H and O–H groups in total. The van der Waals surface area contributed by atoms with Gasteiger partial charge in [-0.05, 0) is 6.42 Å². The number of thiocarbonyl (C=S) groups is 1. The fourth-order valence-corrected chi connectivity index (χ4v) is 0.517. The van der Waals surface area contributed by atoms with Crippen LogP contribution in [-0.4, -0.2) is 11.2 Å². The van der Waals surface area contributed by atoms with Gasteiger partial charge < -0.3 is 4.79 Å². The van der Waals surface area contributed by atoms with Gasteiger partial charge in [0.25, 0.3) is 0 Å². The molecule has 0 spiro atoms. The van der Waals surface area contributed by atoms with Crippen LogP contribution in [0.4, 0.5) is 0 Å². The Balaban J connectivity index is 2.44. The lowest BCUT2D eigenvalue weighted by Crippen LogP contribution is -1.73. The standard InChI is InChI=1S/C4H4OS/c5-2-3-1-4(3)6/h2-3H,1H2. The van der Waals surface area contributed by atoms with E-state index < -0.39 is 0 Å². The molecule has 0 aromatic heterocycles. The van der Waals surface area contributed by atoms with E-state index >= 15 is 0 Å². The fraction of sp³-hybridized carbons (Fsp3) is 0.500. The van der Waals surface area contributed by atoms with Crippen LogP contribution in [0.3, 0.4) is 0 Å². The van der Waals surface area contributed by atoms with Crippen LogP contribution in [0.5, 0.6) is 0 Å². The summed E-state index contributed by atoms with van der Waals surface area (Å²) in [6.07, 6.45) is 1.77. The summed E-state index contributed by atoms with van der Waals surface area (Å²) in [6.45, 7) is 0. The average molecular weight is 100 g/mol. The molecule has 1 aliphatic rings. The Morgan fingerprint density at radius 1 is 2.00 bits per heavy atom. The number of aldehydes is 1. The second kappa shape index (κ2) is 1.12. The highest BCUT2D eigenvalue weighted by Gasteiger charge is 2.28. The van der Waals surface area contributed by atoms with Crippen molar-refractivity contribution in [3.8, 4) is 0 Å². The maximum absolute atomic E-state index is 9.69. The molecule has 1 nitrogen and oxygen atoms in total. The summed E-state index contributed by atoms with van der Waals surface area (Å²) in [7, 11) is 0. The molecule has 0 saturated heterocycles. The van der Waals surface area contributed by atoms with Crippen LogP contribution in [0.15, 0.2) is 0 Å². The van der Waals surface area contributed by atoms with E-state index in [1.165, 1.54) is 0 Å². The van der Waals surface area contributed by atoms with Crippen LogP contribution in [0.1, 0.15) is 6.42 Å². The van der Waals surface area contributed by atoms with Gasteiger partial charge in [0.05, 0.1) is 5.92 Å². The van der Waals surface area contributed by atoms with Crippen molar-refractivity contribution in [3.63, 3.8) is 0 Å². The van der Waals surface area contributed by atoms with E-state index in [0.29, 0.717) is 0 Å². The fourth-order valence-electron chi connectivity index (χ4n) is 0.282. The van der Waals surface area contributed by atoms with Crippen molar-refractivity contribution in [2.24, 2.45) is 5.92 Å². The maximum Gasteiger partial charge on any atom is 0.128 e. The van der Waals surface area contributed by atoms with Crippen LogP contribution in [0, 0.1) is 5.92 Å². The SMILES string of the molecule is O=CC1CC1=S. The quantitative estimate of drug-likeness (QED) is 0.354. The van der Waals surface area contributed by atoms with E-state index in [-0.39, 0.29) is 5.92 Å². The lowest BCUT2D eigenvalue weighted by molar-refractivity contribution is -0.108. The van der Waals surface area contributed by atoms with Crippen LogP contribution >= 0.6 is 12.2 Å². The summed E-state index contributed by atoms with van der Waals surface area (Å²) in [5, 5.41) is 0. The molecule has 0 bridgehead atoms. The first-order valence-corrected chi connectivity index (χ1v) is 2.23. The van der Waals surface area contributed by atoms with Gasteiger partial charge in [-0.25, -0.2) is 0 Å². The Hall–Kier alpha value is -0.240. The topological polar surface area (TPSA) is 17.1 Å². The van der Waals surface area contributed by atoms with Crippen LogP contribution in [-0.2, 0) is 4.79 Å². The Morgan fingerprint density at radius 3 is 2.50 bits per heavy atom. The molecule has 1 rings (SSSR count). The third-order valence-electron chi connectivity index (χ3n) is 0.839. The molecule has 0 heterocycles. The molecule has 32 valence electrons. The zero-order valence-electron chi connectivity index (χ0n) is 3.18. The number of hydrogen-bond donors (Lipinski definition) is 0. The molecule has 1 unspecified atom stereocenters. The Morgan fingerprint density at radius 2 is 2.50 bits per heavy atom. The molecule has 1 atom stereocenters. The summed E-state index contributed by atoms with van der Waals surface area (Å²) >= 11 is 4.64. The van der Waals surface area contributed by atoms with Crippen LogP contribution < -0.4 is 0 Å². The zero-order valence-corrected chi connectivity index (χ0v) is 3.99. The van der Waals surface area contributed by atoms with Gasteiger partial charge in [0, 0.05) is 4.86 Å². The molecule has 1 fully saturated rings. The molecule has 1 aliphatic carbocycles. The predicted molar refractivity (Wildman–Crippen MR) is 26.8 cm³/mol. The minimum Gasteiger partial charge on any atom is -0.303 e. The van der Waals surface area contributed by atoms with E-state index in [2.05, 4.69) is 12.2 Å². The Labute approximate surface area is 41.3 Å². The smallest absolute Gasteiger partial charge is 0.128 e. The van der Waals surface area contributed by atoms with E-state index in [1.54, 1.807) is 0 Å². The molecular weight excluding hydrogens is 96.1 g/mol. The second-order valence-corrected chi connectivity index (χ2v) is 1.94. The van der Waals surface area contributed by atoms with E-state index in [1.807, 2.05) is 0 Å². The highest BCUT2D eigenvalue weighted by molar-refractivity contribution is 7.81. The monoisotopic (exact) mass is 100.0 g/mol. The third-order valence-corrected chi connectivity index (χ3v) is 1.31. The van der Waals surface area contributed by atoms with Gasteiger partial charge in [0.15, 0.2) is 0 Å². The van der Waals surface area contributed by atoms with Gasteiger partial charge in [-0.2, -0.15) is 0 Å². The number of hydrogen-bond acceptors (Lipinski definition) is 2. The van der Waals surface area contributed by atoms with Crippen molar-refractivity contribution >= 4 is 23.4 Å². The average Bonchev–Trinajstić information content (AvgIpc) is 2.19. The minimum atomic E-state index is 0.153. The lowest BCUT2D eigenvalue weighted by Gasteiger charge is -1.57. The number of rotatable bonds is 1. The van der Waals surface area contributed by atoms with E-state index in [4.69, 9.17) is 0 Å². The van der Waals surface area contributed by atoms with Crippen molar-refractivity contribution in [1.29, 1.82) is 0 Å². The van der Waals surface area contributed by atoms with Crippen LogP contribution in [0.2, 0.25) is 0 Å². The molecule has 6 heavy (non-hydrogen) atoms. The summed E-state index contributed by atoms with van der Waals surface area (Å²) in [4.78, 5) is 10.6. The maximum atomic E-state index is 9.69.